The Morgan fingerprint density at radius 3 is 2.92 bits per heavy atom. The summed E-state index contributed by atoms with van der Waals surface area (Å²) < 4.78 is 13.3. The normalized spacial score (nSPS) is 10.8. The van der Waals surface area contributed by atoms with E-state index >= 15 is 0 Å². The summed E-state index contributed by atoms with van der Waals surface area (Å²) in [7, 11) is 0. The molecule has 0 aliphatic rings. The van der Waals surface area contributed by atoms with Crippen molar-refractivity contribution in [2.75, 3.05) is 5.73 Å². The van der Waals surface area contributed by atoms with Crippen LogP contribution in [-0.2, 0) is 0 Å². The molecule has 3 heteroatoms. The number of aromatic nitrogens is 1. The predicted molar refractivity (Wildman–Crippen MR) is 47.4 cm³/mol. The minimum absolute atomic E-state index is 0.196. The molecule has 1 aromatic carbocycles. The van der Waals surface area contributed by atoms with Gasteiger partial charge in [0.25, 0.3) is 0 Å². The summed E-state index contributed by atoms with van der Waals surface area (Å²) in [6.45, 7) is 1.88. The summed E-state index contributed by atoms with van der Waals surface area (Å²) >= 11 is 0. The van der Waals surface area contributed by atoms with Crippen LogP contribution < -0.4 is 5.73 Å². The van der Waals surface area contributed by atoms with Crippen molar-refractivity contribution in [1.82, 2.24) is 4.98 Å². The Bertz CT molecular complexity index is 431. The Labute approximate surface area is 69.2 Å². The molecule has 0 saturated heterocycles. The van der Waals surface area contributed by atoms with Crippen LogP contribution in [0, 0.1) is 12.7 Å². The van der Waals surface area contributed by atoms with E-state index in [1.165, 1.54) is 0 Å². The van der Waals surface area contributed by atoms with E-state index < -0.39 is 0 Å². The zero-order valence-corrected chi connectivity index (χ0v) is 6.69. The van der Waals surface area contributed by atoms with Crippen molar-refractivity contribution < 1.29 is 4.39 Å². The molecule has 0 unspecified atom stereocenters. The SMILES string of the molecule is Cc1cc2c(F)c(N)ccc2[nH]1. The van der Waals surface area contributed by atoms with Crippen LogP contribution >= 0.6 is 0 Å². The molecular weight excluding hydrogens is 155 g/mol. The second-order valence-electron chi connectivity index (χ2n) is 2.88. The van der Waals surface area contributed by atoms with Gasteiger partial charge < -0.3 is 10.7 Å². The van der Waals surface area contributed by atoms with Crippen molar-refractivity contribution in [3.8, 4) is 0 Å². The number of nitrogens with one attached hydrogen (secondary N) is 1. The second kappa shape index (κ2) is 2.24. The van der Waals surface area contributed by atoms with Crippen LogP contribution in [0.1, 0.15) is 5.69 Å². The number of H-pyrrole nitrogens is 1. The average molecular weight is 164 g/mol. The molecule has 0 aliphatic carbocycles. The second-order valence-corrected chi connectivity index (χ2v) is 2.88. The van der Waals surface area contributed by atoms with Gasteiger partial charge in [-0.2, -0.15) is 0 Å². The van der Waals surface area contributed by atoms with E-state index in [4.69, 9.17) is 5.73 Å². The topological polar surface area (TPSA) is 41.8 Å². The quantitative estimate of drug-likeness (QED) is 0.576. The Hall–Kier alpha value is -1.51. The van der Waals surface area contributed by atoms with Crippen LogP contribution in [0.5, 0.6) is 0 Å². The molecule has 2 rings (SSSR count). The number of hydrogen-bond acceptors (Lipinski definition) is 1. The molecule has 0 aliphatic heterocycles. The van der Waals surface area contributed by atoms with Gasteiger partial charge in [-0.1, -0.05) is 0 Å². The Morgan fingerprint density at radius 2 is 2.17 bits per heavy atom. The monoisotopic (exact) mass is 164 g/mol. The molecule has 0 radical (unpaired) electrons. The number of nitrogen functional groups attached to an aromatic ring is 1. The van der Waals surface area contributed by atoms with Crippen molar-refractivity contribution in [2.45, 2.75) is 6.92 Å². The summed E-state index contributed by atoms with van der Waals surface area (Å²) in [5.41, 5.74) is 7.33. The van der Waals surface area contributed by atoms with Gasteiger partial charge in [-0.05, 0) is 25.1 Å². The van der Waals surface area contributed by atoms with Gasteiger partial charge in [-0.25, -0.2) is 4.39 Å². The number of hydrogen-bond donors (Lipinski definition) is 2. The fraction of sp³-hybridized carbons (Fsp3) is 0.111. The third-order valence-electron chi connectivity index (χ3n) is 1.90. The first kappa shape index (κ1) is 7.16. The number of aromatic amines is 1. The van der Waals surface area contributed by atoms with Gasteiger partial charge in [0.05, 0.1) is 5.69 Å². The van der Waals surface area contributed by atoms with E-state index in [1.807, 2.05) is 6.92 Å². The van der Waals surface area contributed by atoms with E-state index in [-0.39, 0.29) is 11.5 Å². The maximum Gasteiger partial charge on any atom is 0.155 e. The van der Waals surface area contributed by atoms with Crippen LogP contribution in [0.3, 0.4) is 0 Å². The predicted octanol–water partition coefficient (Wildman–Crippen LogP) is 2.20. The highest BCUT2D eigenvalue weighted by atomic mass is 19.1. The standard InChI is InChI=1S/C9H9FN2/c1-5-4-6-8(12-5)3-2-7(11)9(6)10/h2-4,12H,11H2,1H3. The van der Waals surface area contributed by atoms with Gasteiger partial charge in [-0.3, -0.25) is 0 Å². The summed E-state index contributed by atoms with van der Waals surface area (Å²) in [4.78, 5) is 3.03. The number of benzene rings is 1. The molecule has 62 valence electrons. The number of anilines is 1. The Kier molecular flexibility index (Phi) is 1.33. The molecule has 3 N–H and O–H groups in total. The first-order valence-electron chi connectivity index (χ1n) is 3.72. The van der Waals surface area contributed by atoms with Crippen LogP contribution in [-0.4, -0.2) is 4.98 Å². The van der Waals surface area contributed by atoms with Gasteiger partial charge in [0.15, 0.2) is 5.82 Å². The van der Waals surface area contributed by atoms with Gasteiger partial charge in [0.1, 0.15) is 0 Å². The largest absolute Gasteiger partial charge is 0.396 e. The smallest absolute Gasteiger partial charge is 0.155 e. The van der Waals surface area contributed by atoms with Gasteiger partial charge in [-0.15, -0.1) is 0 Å². The highest BCUT2D eigenvalue weighted by molar-refractivity contribution is 5.84. The number of halogens is 1. The van der Waals surface area contributed by atoms with Gasteiger partial charge in [0.2, 0.25) is 0 Å². The highest BCUT2D eigenvalue weighted by Crippen LogP contribution is 2.22. The Morgan fingerprint density at radius 1 is 1.42 bits per heavy atom. The third kappa shape index (κ3) is 0.863. The van der Waals surface area contributed by atoms with E-state index in [0.29, 0.717) is 5.39 Å². The number of rotatable bonds is 0. The summed E-state index contributed by atoms with van der Waals surface area (Å²) in [5.74, 6) is -0.336. The van der Waals surface area contributed by atoms with Crippen LogP contribution in [0.15, 0.2) is 18.2 Å². The molecule has 2 aromatic rings. The van der Waals surface area contributed by atoms with Gasteiger partial charge >= 0.3 is 0 Å². The summed E-state index contributed by atoms with van der Waals surface area (Å²) in [6, 6.07) is 5.09. The summed E-state index contributed by atoms with van der Waals surface area (Å²) in [5, 5.41) is 0.562. The molecule has 0 amide bonds. The maximum atomic E-state index is 13.3. The highest BCUT2D eigenvalue weighted by Gasteiger charge is 2.05. The number of aryl methyl sites for hydroxylation is 1. The molecule has 1 aromatic heterocycles. The van der Waals surface area contributed by atoms with Crippen LogP contribution in [0.4, 0.5) is 10.1 Å². The molecule has 0 saturated carbocycles. The summed E-state index contributed by atoms with van der Waals surface area (Å²) in [6.07, 6.45) is 0. The fourth-order valence-corrected chi connectivity index (χ4v) is 1.32. The van der Waals surface area contributed by atoms with E-state index in [2.05, 4.69) is 4.98 Å². The average Bonchev–Trinajstić information content (AvgIpc) is 2.39. The molecule has 2 nitrogen and oxygen atoms in total. The lowest BCUT2D eigenvalue weighted by atomic mass is 10.2. The molecule has 0 spiro atoms. The maximum absolute atomic E-state index is 13.3. The van der Waals surface area contributed by atoms with Crippen molar-refractivity contribution in [2.24, 2.45) is 0 Å². The zero-order valence-electron chi connectivity index (χ0n) is 6.69. The lowest BCUT2D eigenvalue weighted by Crippen LogP contribution is -1.89. The third-order valence-corrected chi connectivity index (χ3v) is 1.90. The van der Waals surface area contributed by atoms with Crippen LogP contribution in [0.25, 0.3) is 10.9 Å². The molecule has 12 heavy (non-hydrogen) atoms. The lowest BCUT2D eigenvalue weighted by Gasteiger charge is -1.95. The molecule has 0 bridgehead atoms. The van der Waals surface area contributed by atoms with E-state index in [1.54, 1.807) is 18.2 Å². The minimum Gasteiger partial charge on any atom is -0.396 e. The lowest BCUT2D eigenvalue weighted by molar-refractivity contribution is 0.644. The van der Waals surface area contributed by atoms with E-state index in [0.717, 1.165) is 11.2 Å². The van der Waals surface area contributed by atoms with Gasteiger partial charge in [0, 0.05) is 16.6 Å². The number of nitrogens with two attached hydrogens (primary N) is 1. The Balaban J connectivity index is 2.89. The van der Waals surface area contributed by atoms with Crippen LogP contribution in [0.2, 0.25) is 0 Å². The fourth-order valence-electron chi connectivity index (χ4n) is 1.32. The van der Waals surface area contributed by atoms with Crippen molar-refractivity contribution >= 4 is 16.6 Å². The molecule has 1 heterocycles. The van der Waals surface area contributed by atoms with Crippen molar-refractivity contribution in [1.29, 1.82) is 0 Å². The molecule has 0 atom stereocenters. The van der Waals surface area contributed by atoms with Crippen molar-refractivity contribution in [3.05, 3.63) is 29.7 Å². The van der Waals surface area contributed by atoms with Crippen molar-refractivity contribution in [3.63, 3.8) is 0 Å². The number of fused-ring (bicyclic) bond motifs is 1. The minimum atomic E-state index is -0.336. The molecule has 0 fully saturated rings. The first-order valence-corrected chi connectivity index (χ1v) is 3.72. The molecular formula is C9H9FN2. The van der Waals surface area contributed by atoms with E-state index in [9.17, 15) is 4.39 Å². The zero-order chi connectivity index (χ0) is 8.72. The first-order chi connectivity index (χ1) is 5.68.